The minimum absolute atomic E-state index is 0.0172. The zero-order valence-corrected chi connectivity index (χ0v) is 11.4. The predicted molar refractivity (Wildman–Crippen MR) is 72.9 cm³/mol. The van der Waals surface area contributed by atoms with Crippen LogP contribution < -0.4 is 11.1 Å². The van der Waals surface area contributed by atoms with Gasteiger partial charge in [-0.3, -0.25) is 5.32 Å². The number of amides is 1. The zero-order chi connectivity index (χ0) is 13.7. The fourth-order valence-corrected chi connectivity index (χ4v) is 2.58. The number of carbonyl (C=O) groups is 1. The van der Waals surface area contributed by atoms with E-state index >= 15 is 0 Å². The van der Waals surface area contributed by atoms with Gasteiger partial charge < -0.3 is 15.0 Å². The molecule has 0 aliphatic carbocycles. The van der Waals surface area contributed by atoms with Crippen LogP contribution in [0.1, 0.15) is 16.7 Å². The van der Waals surface area contributed by atoms with Crippen molar-refractivity contribution in [3.8, 4) is 0 Å². The lowest BCUT2D eigenvalue weighted by molar-refractivity contribution is 0.156. The number of aromatic nitrogens is 2. The monoisotopic (exact) mass is 280 g/mol. The molecule has 1 unspecified atom stereocenters. The summed E-state index contributed by atoms with van der Waals surface area (Å²) < 4.78 is 6.67. The Labute approximate surface area is 115 Å². The van der Waals surface area contributed by atoms with Gasteiger partial charge in [-0.05, 0) is 11.4 Å². The maximum Gasteiger partial charge on any atom is 0.404 e. The van der Waals surface area contributed by atoms with E-state index in [1.165, 1.54) is 0 Å². The second-order valence-corrected chi connectivity index (χ2v) is 4.95. The summed E-state index contributed by atoms with van der Waals surface area (Å²) in [5.74, 6) is 0.918. The van der Waals surface area contributed by atoms with Gasteiger partial charge in [-0.1, -0.05) is 6.07 Å². The van der Waals surface area contributed by atoms with E-state index < -0.39 is 6.09 Å². The summed E-state index contributed by atoms with van der Waals surface area (Å²) in [5, 5.41) is 5.34. The second-order valence-electron chi connectivity index (χ2n) is 3.97. The number of aryl methyl sites for hydroxylation is 1. The molecule has 19 heavy (non-hydrogen) atoms. The summed E-state index contributed by atoms with van der Waals surface area (Å²) in [5.41, 5.74) is 4.92. The first-order valence-corrected chi connectivity index (χ1v) is 6.72. The average Bonchev–Trinajstić information content (AvgIpc) is 3.01. The predicted octanol–water partition coefficient (Wildman–Crippen LogP) is 1.26. The van der Waals surface area contributed by atoms with Crippen LogP contribution in [0.5, 0.6) is 0 Å². The number of nitrogens with one attached hydrogen (secondary N) is 1. The molecule has 1 atom stereocenters. The number of rotatable bonds is 6. The Hall–Kier alpha value is -1.86. The molecule has 0 radical (unpaired) electrons. The largest absolute Gasteiger partial charge is 0.448 e. The lowest BCUT2D eigenvalue weighted by atomic mass is 10.2. The van der Waals surface area contributed by atoms with Crippen LogP contribution in [0.25, 0.3) is 0 Å². The minimum Gasteiger partial charge on any atom is -0.448 e. The van der Waals surface area contributed by atoms with Gasteiger partial charge in [0.05, 0.1) is 0 Å². The van der Waals surface area contributed by atoms with E-state index in [4.69, 9.17) is 10.5 Å². The van der Waals surface area contributed by atoms with Gasteiger partial charge in [0.15, 0.2) is 0 Å². The number of ether oxygens (including phenoxy) is 1. The molecule has 0 fully saturated rings. The molecule has 0 saturated heterocycles. The summed E-state index contributed by atoms with van der Waals surface area (Å²) in [6.45, 7) is 0.750. The molecule has 102 valence electrons. The summed E-state index contributed by atoms with van der Waals surface area (Å²) in [6, 6.07) is 4.03. The number of nitrogens with two attached hydrogens (primary N) is 1. The molecule has 0 saturated carbocycles. The van der Waals surface area contributed by atoms with E-state index in [1.807, 2.05) is 35.3 Å². The lowest BCUT2D eigenvalue weighted by Gasteiger charge is -2.17. The van der Waals surface area contributed by atoms with Crippen LogP contribution in [0.15, 0.2) is 29.9 Å². The van der Waals surface area contributed by atoms with Gasteiger partial charge in [0.1, 0.15) is 18.5 Å². The van der Waals surface area contributed by atoms with Crippen molar-refractivity contribution in [2.45, 2.75) is 6.04 Å². The number of hydrogen-bond donors (Lipinski definition) is 2. The highest BCUT2D eigenvalue weighted by Crippen LogP contribution is 2.24. The third kappa shape index (κ3) is 3.55. The molecule has 6 nitrogen and oxygen atoms in total. The lowest BCUT2D eigenvalue weighted by Crippen LogP contribution is -2.29. The summed E-state index contributed by atoms with van der Waals surface area (Å²) in [4.78, 5) is 16.0. The Morgan fingerprint density at radius 1 is 1.68 bits per heavy atom. The fourth-order valence-electron chi connectivity index (χ4n) is 1.78. The van der Waals surface area contributed by atoms with Crippen LogP contribution in [-0.4, -0.2) is 28.8 Å². The van der Waals surface area contributed by atoms with Crippen LogP contribution in [-0.2, 0) is 11.8 Å². The molecule has 2 aromatic rings. The van der Waals surface area contributed by atoms with Crippen LogP contribution in [0.4, 0.5) is 4.79 Å². The first kappa shape index (κ1) is 13.6. The van der Waals surface area contributed by atoms with Gasteiger partial charge in [0.2, 0.25) is 0 Å². The first-order valence-electron chi connectivity index (χ1n) is 5.84. The summed E-state index contributed by atoms with van der Waals surface area (Å²) >= 11 is 1.65. The smallest absolute Gasteiger partial charge is 0.404 e. The third-order valence-electron chi connectivity index (χ3n) is 2.64. The molecule has 0 aromatic carbocycles. The van der Waals surface area contributed by atoms with Crippen molar-refractivity contribution >= 4 is 17.4 Å². The number of hydrogen-bond acceptors (Lipinski definition) is 5. The highest BCUT2D eigenvalue weighted by Gasteiger charge is 2.18. The molecule has 2 aromatic heterocycles. The molecule has 0 aliphatic heterocycles. The fraction of sp³-hybridized carbons (Fsp3) is 0.333. The normalized spacial score (nSPS) is 12.3. The highest BCUT2D eigenvalue weighted by molar-refractivity contribution is 7.10. The number of thiophene rings is 1. The van der Waals surface area contributed by atoms with Gasteiger partial charge in [-0.2, -0.15) is 0 Å². The molecular formula is C12H16N4O2S. The second kappa shape index (κ2) is 6.35. The van der Waals surface area contributed by atoms with E-state index in [-0.39, 0.29) is 12.6 Å². The SMILES string of the molecule is Cn1ccnc1C(NCCOC(N)=O)c1cccs1. The molecular weight excluding hydrogens is 264 g/mol. The van der Waals surface area contributed by atoms with Crippen LogP contribution in [0.2, 0.25) is 0 Å². The van der Waals surface area contributed by atoms with Crippen molar-refractivity contribution in [3.63, 3.8) is 0 Å². The Morgan fingerprint density at radius 2 is 2.53 bits per heavy atom. The number of carbonyl (C=O) groups excluding carboxylic acids is 1. The number of primary amides is 1. The van der Waals surface area contributed by atoms with Gasteiger partial charge >= 0.3 is 6.09 Å². The average molecular weight is 280 g/mol. The Bertz CT molecular complexity index is 524. The van der Waals surface area contributed by atoms with E-state index in [1.54, 1.807) is 17.5 Å². The Kier molecular flexibility index (Phi) is 4.53. The van der Waals surface area contributed by atoms with Crippen LogP contribution >= 0.6 is 11.3 Å². The molecule has 2 heterocycles. The van der Waals surface area contributed by atoms with Gasteiger partial charge in [0, 0.05) is 30.9 Å². The molecule has 0 aliphatic rings. The van der Waals surface area contributed by atoms with Crippen molar-refractivity contribution in [2.75, 3.05) is 13.2 Å². The van der Waals surface area contributed by atoms with Crippen molar-refractivity contribution in [1.82, 2.24) is 14.9 Å². The highest BCUT2D eigenvalue weighted by atomic mass is 32.1. The standard InChI is InChI=1S/C12H16N4O2S/c1-16-6-4-15-11(16)10(9-3-2-8-19-9)14-5-7-18-12(13)17/h2-4,6,8,10,14H,5,7H2,1H3,(H2,13,17). The van der Waals surface area contributed by atoms with Crippen molar-refractivity contribution in [2.24, 2.45) is 12.8 Å². The van der Waals surface area contributed by atoms with E-state index in [0.717, 1.165) is 10.7 Å². The van der Waals surface area contributed by atoms with Crippen LogP contribution in [0, 0.1) is 0 Å². The Morgan fingerprint density at radius 3 is 3.11 bits per heavy atom. The molecule has 0 bridgehead atoms. The van der Waals surface area contributed by atoms with Crippen molar-refractivity contribution < 1.29 is 9.53 Å². The van der Waals surface area contributed by atoms with Crippen molar-refractivity contribution in [3.05, 3.63) is 40.6 Å². The quantitative estimate of drug-likeness (QED) is 0.780. The first-order chi connectivity index (χ1) is 9.18. The number of imidazole rings is 1. The summed E-state index contributed by atoms with van der Waals surface area (Å²) in [6.07, 6.45) is 2.90. The maximum atomic E-state index is 10.5. The van der Waals surface area contributed by atoms with Gasteiger partial charge in [0.25, 0.3) is 0 Å². The van der Waals surface area contributed by atoms with Gasteiger partial charge in [-0.15, -0.1) is 11.3 Å². The molecule has 2 rings (SSSR count). The van der Waals surface area contributed by atoms with Gasteiger partial charge in [-0.25, -0.2) is 9.78 Å². The number of nitrogens with zero attached hydrogens (tertiary/aromatic N) is 2. The Balaban J connectivity index is 2.04. The van der Waals surface area contributed by atoms with Crippen molar-refractivity contribution in [1.29, 1.82) is 0 Å². The zero-order valence-electron chi connectivity index (χ0n) is 10.6. The minimum atomic E-state index is -0.758. The van der Waals surface area contributed by atoms with E-state index in [0.29, 0.717) is 6.54 Å². The third-order valence-corrected chi connectivity index (χ3v) is 3.58. The topological polar surface area (TPSA) is 82.2 Å². The molecule has 1 amide bonds. The molecule has 3 N–H and O–H groups in total. The van der Waals surface area contributed by atoms with E-state index in [9.17, 15) is 4.79 Å². The molecule has 0 spiro atoms. The van der Waals surface area contributed by atoms with Crippen LogP contribution in [0.3, 0.4) is 0 Å². The maximum absolute atomic E-state index is 10.5. The van der Waals surface area contributed by atoms with E-state index in [2.05, 4.69) is 10.3 Å². The summed E-state index contributed by atoms with van der Waals surface area (Å²) in [7, 11) is 1.95. The molecule has 7 heteroatoms.